The Kier molecular flexibility index (Phi) is 5.13. The Morgan fingerprint density at radius 3 is 2.96 bits per heavy atom. The summed E-state index contributed by atoms with van der Waals surface area (Å²) in [5.74, 6) is -0.177. The monoisotopic (exact) mass is 364 g/mol. The van der Waals surface area contributed by atoms with Gasteiger partial charge in [-0.2, -0.15) is 0 Å². The number of hydrogen-bond acceptors (Lipinski definition) is 5. The van der Waals surface area contributed by atoms with E-state index >= 15 is 0 Å². The molecule has 0 amide bonds. The summed E-state index contributed by atoms with van der Waals surface area (Å²) in [5.41, 5.74) is 0.445. The van der Waals surface area contributed by atoms with Gasteiger partial charge >= 0.3 is 5.97 Å². The minimum absolute atomic E-state index is 0.310. The molecule has 1 fully saturated rings. The van der Waals surface area contributed by atoms with Gasteiger partial charge in [-0.3, -0.25) is 9.78 Å². The van der Waals surface area contributed by atoms with E-state index in [0.29, 0.717) is 59.6 Å². The zero-order chi connectivity index (χ0) is 18.0. The normalized spacial score (nSPS) is 21.4. The molecule has 6 nitrogen and oxygen atoms in total. The number of carboxylic acid groups (broad SMARTS) is 1. The lowest BCUT2D eigenvalue weighted by Crippen LogP contribution is -2.33. The Balaban J connectivity index is 1.90. The van der Waals surface area contributed by atoms with Crippen LogP contribution in [-0.2, 0) is 4.79 Å². The van der Waals surface area contributed by atoms with Crippen LogP contribution in [0.5, 0.6) is 5.75 Å². The van der Waals surface area contributed by atoms with Crippen LogP contribution in [0.1, 0.15) is 30.9 Å². The number of carbonyl (C=O) groups is 1. The van der Waals surface area contributed by atoms with Crippen LogP contribution in [0.3, 0.4) is 0 Å². The molecule has 0 aliphatic carbocycles. The lowest BCUT2D eigenvalue weighted by molar-refractivity contribution is -0.148. The van der Waals surface area contributed by atoms with Gasteiger partial charge in [-0.15, -0.1) is 0 Å². The number of nitrogens with zero attached hydrogens (tertiary/aromatic N) is 1. The van der Waals surface area contributed by atoms with Gasteiger partial charge in [-0.05, 0) is 44.0 Å². The summed E-state index contributed by atoms with van der Waals surface area (Å²) in [6, 6.07) is 5.39. The molecule has 3 N–H and O–H groups in total. The van der Waals surface area contributed by atoms with Crippen LogP contribution < -0.4 is 10.1 Å². The summed E-state index contributed by atoms with van der Waals surface area (Å²) in [6.45, 7) is 1.10. The van der Waals surface area contributed by atoms with Crippen molar-refractivity contribution in [3.8, 4) is 5.75 Å². The third-order valence-corrected chi connectivity index (χ3v) is 5.30. The second kappa shape index (κ2) is 7.15. The number of aliphatic carboxylic acids is 1. The van der Waals surface area contributed by atoms with Crippen LogP contribution in [0.25, 0.3) is 10.9 Å². The fourth-order valence-corrected chi connectivity index (χ4v) is 3.71. The van der Waals surface area contributed by atoms with Crippen LogP contribution in [0.4, 0.5) is 0 Å². The number of aliphatic hydroxyl groups is 1. The molecular weight excluding hydrogens is 344 g/mol. The largest absolute Gasteiger partial charge is 0.497 e. The van der Waals surface area contributed by atoms with Gasteiger partial charge in [0.25, 0.3) is 0 Å². The number of rotatable bonds is 6. The van der Waals surface area contributed by atoms with E-state index in [1.165, 1.54) is 6.20 Å². The molecule has 7 heteroatoms. The fraction of sp³-hybridized carbons (Fsp3) is 0.444. The first kappa shape index (κ1) is 17.9. The van der Waals surface area contributed by atoms with Crippen molar-refractivity contribution in [2.24, 2.45) is 5.41 Å². The van der Waals surface area contributed by atoms with Gasteiger partial charge in [-0.1, -0.05) is 11.6 Å². The summed E-state index contributed by atoms with van der Waals surface area (Å²) >= 11 is 6.29. The van der Waals surface area contributed by atoms with E-state index in [0.717, 1.165) is 0 Å². The lowest BCUT2D eigenvalue weighted by atomic mass is 9.81. The molecule has 2 unspecified atom stereocenters. The molecule has 1 aliphatic heterocycles. The number of pyridine rings is 1. The summed E-state index contributed by atoms with van der Waals surface area (Å²) < 4.78 is 5.25. The van der Waals surface area contributed by atoms with Gasteiger partial charge < -0.3 is 20.3 Å². The van der Waals surface area contributed by atoms with Gasteiger partial charge in [0.15, 0.2) is 0 Å². The maximum Gasteiger partial charge on any atom is 0.310 e. The van der Waals surface area contributed by atoms with Crippen LogP contribution in [0.2, 0.25) is 5.02 Å². The highest BCUT2D eigenvalue weighted by Crippen LogP contribution is 2.38. The van der Waals surface area contributed by atoms with Crippen LogP contribution in [-0.4, -0.2) is 41.4 Å². The zero-order valence-electron chi connectivity index (χ0n) is 14.0. The first-order valence-corrected chi connectivity index (χ1v) is 8.59. The Labute approximate surface area is 150 Å². The van der Waals surface area contributed by atoms with Crippen molar-refractivity contribution >= 4 is 28.5 Å². The van der Waals surface area contributed by atoms with Crippen molar-refractivity contribution < 1.29 is 19.7 Å². The quantitative estimate of drug-likeness (QED) is 0.730. The van der Waals surface area contributed by atoms with Gasteiger partial charge in [0.2, 0.25) is 0 Å². The number of benzene rings is 1. The summed E-state index contributed by atoms with van der Waals surface area (Å²) in [7, 11) is 1.57. The molecule has 1 aliphatic rings. The SMILES string of the molecule is COc1ccc2ncc(Cl)c(C(O)CCC3(C(=O)O)CCNC3)c2c1. The van der Waals surface area contributed by atoms with Gasteiger partial charge in [0, 0.05) is 23.7 Å². The van der Waals surface area contributed by atoms with Gasteiger partial charge in [0.05, 0.1) is 29.2 Å². The van der Waals surface area contributed by atoms with Crippen molar-refractivity contribution in [1.29, 1.82) is 0 Å². The molecule has 1 aromatic carbocycles. The number of halogens is 1. The molecule has 2 aromatic rings. The third-order valence-electron chi connectivity index (χ3n) is 5.00. The molecule has 0 saturated carbocycles. The number of nitrogens with one attached hydrogen (secondary N) is 1. The van der Waals surface area contributed by atoms with Crippen molar-refractivity contribution in [2.75, 3.05) is 20.2 Å². The van der Waals surface area contributed by atoms with Crippen LogP contribution in [0.15, 0.2) is 24.4 Å². The predicted octanol–water partition coefficient (Wildman–Crippen LogP) is 2.77. The number of aliphatic hydroxyl groups excluding tert-OH is 1. The van der Waals surface area contributed by atoms with E-state index in [-0.39, 0.29) is 0 Å². The first-order chi connectivity index (χ1) is 12.0. The predicted molar refractivity (Wildman–Crippen MR) is 95.1 cm³/mol. The highest BCUT2D eigenvalue weighted by Gasteiger charge is 2.41. The molecule has 0 bridgehead atoms. The fourth-order valence-electron chi connectivity index (χ4n) is 3.44. The molecular formula is C18H21ClN2O4. The molecule has 0 spiro atoms. The standard InChI is InChI=1S/C18H21ClN2O4/c1-25-11-2-3-14-12(8-11)16(13(19)9-21-14)15(22)4-5-18(17(23)24)6-7-20-10-18/h2-3,8-9,15,20,22H,4-7,10H2,1H3,(H,23,24). The van der Waals surface area contributed by atoms with E-state index in [4.69, 9.17) is 16.3 Å². The van der Waals surface area contributed by atoms with Gasteiger partial charge in [-0.25, -0.2) is 0 Å². The number of hydrogen-bond donors (Lipinski definition) is 3. The van der Waals surface area contributed by atoms with Crippen molar-refractivity contribution in [3.63, 3.8) is 0 Å². The molecule has 2 atom stereocenters. The highest BCUT2D eigenvalue weighted by atomic mass is 35.5. The Morgan fingerprint density at radius 1 is 1.52 bits per heavy atom. The maximum atomic E-state index is 11.7. The Morgan fingerprint density at radius 2 is 2.32 bits per heavy atom. The van der Waals surface area contributed by atoms with Gasteiger partial charge in [0.1, 0.15) is 5.75 Å². The second-order valence-electron chi connectivity index (χ2n) is 6.47. The molecule has 134 valence electrons. The van der Waals surface area contributed by atoms with E-state index < -0.39 is 17.5 Å². The summed E-state index contributed by atoms with van der Waals surface area (Å²) in [5, 5.41) is 24.5. The third kappa shape index (κ3) is 3.42. The number of methoxy groups -OCH3 is 1. The summed E-state index contributed by atoms with van der Waals surface area (Å²) in [6.07, 6.45) is 1.89. The van der Waals surface area contributed by atoms with E-state index in [1.54, 1.807) is 25.3 Å². The molecule has 1 saturated heterocycles. The number of carboxylic acids is 1. The maximum absolute atomic E-state index is 11.7. The molecule has 3 rings (SSSR count). The lowest BCUT2D eigenvalue weighted by Gasteiger charge is -2.25. The summed E-state index contributed by atoms with van der Waals surface area (Å²) in [4.78, 5) is 15.9. The molecule has 0 radical (unpaired) electrons. The van der Waals surface area contributed by atoms with Crippen LogP contribution in [0, 0.1) is 5.41 Å². The smallest absolute Gasteiger partial charge is 0.310 e. The number of ether oxygens (including phenoxy) is 1. The highest BCUT2D eigenvalue weighted by molar-refractivity contribution is 6.32. The van der Waals surface area contributed by atoms with Crippen LogP contribution >= 0.6 is 11.6 Å². The topological polar surface area (TPSA) is 91.7 Å². The second-order valence-corrected chi connectivity index (χ2v) is 6.88. The van der Waals surface area contributed by atoms with E-state index in [1.807, 2.05) is 0 Å². The average Bonchev–Trinajstić information content (AvgIpc) is 3.09. The Bertz CT molecular complexity index is 790. The number of fused-ring (bicyclic) bond motifs is 1. The number of aromatic nitrogens is 1. The van der Waals surface area contributed by atoms with E-state index in [9.17, 15) is 15.0 Å². The van der Waals surface area contributed by atoms with Crippen molar-refractivity contribution in [2.45, 2.75) is 25.4 Å². The minimum Gasteiger partial charge on any atom is -0.497 e. The minimum atomic E-state index is -0.873. The Hall–Kier alpha value is -1.89. The first-order valence-electron chi connectivity index (χ1n) is 8.21. The van der Waals surface area contributed by atoms with Crippen molar-refractivity contribution in [3.05, 3.63) is 35.0 Å². The molecule has 1 aromatic heterocycles. The molecule has 25 heavy (non-hydrogen) atoms. The average molecular weight is 365 g/mol. The zero-order valence-corrected chi connectivity index (χ0v) is 14.7. The van der Waals surface area contributed by atoms with E-state index in [2.05, 4.69) is 10.3 Å². The van der Waals surface area contributed by atoms with Crippen molar-refractivity contribution in [1.82, 2.24) is 10.3 Å². The molecule has 2 heterocycles.